The van der Waals surface area contributed by atoms with Gasteiger partial charge in [-0.15, -0.1) is 0 Å². The van der Waals surface area contributed by atoms with Crippen molar-refractivity contribution < 1.29 is 22.9 Å². The maximum atomic E-state index is 12.4. The van der Waals surface area contributed by atoms with Crippen LogP contribution in [0.5, 0.6) is 5.75 Å². The van der Waals surface area contributed by atoms with Crippen molar-refractivity contribution in [1.82, 2.24) is 0 Å². The van der Waals surface area contributed by atoms with Crippen LogP contribution >= 0.6 is 11.6 Å². The molecule has 0 atom stereocenters. The highest BCUT2D eigenvalue weighted by Gasteiger charge is 2.25. The molecular weight excluding hydrogens is 410 g/mol. The van der Waals surface area contributed by atoms with Crippen LogP contribution in [0, 0.1) is 17.0 Å². The van der Waals surface area contributed by atoms with E-state index in [9.17, 15) is 23.3 Å². The van der Waals surface area contributed by atoms with Gasteiger partial charge < -0.3 is 10.1 Å². The van der Waals surface area contributed by atoms with Crippen molar-refractivity contribution in [1.29, 1.82) is 0 Å². The van der Waals surface area contributed by atoms with Gasteiger partial charge in [-0.25, -0.2) is 8.42 Å². The molecule has 9 nitrogen and oxygen atoms in total. The highest BCUT2D eigenvalue weighted by atomic mass is 35.5. The summed E-state index contributed by atoms with van der Waals surface area (Å²) in [6.45, 7) is 0.858. The van der Waals surface area contributed by atoms with E-state index >= 15 is 0 Å². The number of nitro benzene ring substituents is 1. The molecule has 0 aliphatic rings. The minimum Gasteiger partial charge on any atom is -0.495 e. The highest BCUT2D eigenvalue weighted by Crippen LogP contribution is 2.30. The topological polar surface area (TPSA) is 119 Å². The number of halogens is 1. The van der Waals surface area contributed by atoms with Crippen LogP contribution in [0.4, 0.5) is 17.1 Å². The number of nitrogens with zero attached hydrogens (tertiary/aromatic N) is 2. The predicted molar refractivity (Wildman–Crippen MR) is 107 cm³/mol. The molecule has 0 fully saturated rings. The van der Waals surface area contributed by atoms with E-state index in [1.54, 1.807) is 12.1 Å². The van der Waals surface area contributed by atoms with Crippen molar-refractivity contribution in [2.24, 2.45) is 0 Å². The Kier molecular flexibility index (Phi) is 6.47. The summed E-state index contributed by atoms with van der Waals surface area (Å²) in [5.41, 5.74) is 0.298. The summed E-state index contributed by atoms with van der Waals surface area (Å²) in [5.74, 6) is -0.220. The summed E-state index contributed by atoms with van der Waals surface area (Å²) in [4.78, 5) is 22.9. The minimum absolute atomic E-state index is 0.0552. The number of methoxy groups -OCH3 is 1. The number of amides is 1. The zero-order valence-electron chi connectivity index (χ0n) is 15.3. The summed E-state index contributed by atoms with van der Waals surface area (Å²) in [6, 6.07) is 8.59. The zero-order chi connectivity index (χ0) is 21.1. The van der Waals surface area contributed by atoms with Gasteiger partial charge in [-0.1, -0.05) is 17.7 Å². The second-order valence-electron chi connectivity index (χ2n) is 5.85. The molecule has 150 valence electrons. The Bertz CT molecular complexity index is 1030. The largest absolute Gasteiger partial charge is 0.495 e. The first kappa shape index (κ1) is 21.5. The second-order valence-corrected chi connectivity index (χ2v) is 8.16. The molecule has 0 spiro atoms. The Morgan fingerprint density at radius 1 is 1.32 bits per heavy atom. The van der Waals surface area contributed by atoms with Crippen LogP contribution in [0.15, 0.2) is 36.4 Å². The van der Waals surface area contributed by atoms with Gasteiger partial charge in [-0.2, -0.15) is 0 Å². The summed E-state index contributed by atoms with van der Waals surface area (Å²) < 4.78 is 30.3. The second kappa shape index (κ2) is 8.44. The van der Waals surface area contributed by atoms with Crippen molar-refractivity contribution in [2.75, 3.05) is 29.5 Å². The average molecular weight is 428 g/mol. The Labute approximate surface area is 167 Å². The van der Waals surface area contributed by atoms with E-state index in [0.29, 0.717) is 11.4 Å². The van der Waals surface area contributed by atoms with Crippen molar-refractivity contribution in [3.63, 3.8) is 0 Å². The molecule has 0 radical (unpaired) electrons. The molecule has 0 heterocycles. The van der Waals surface area contributed by atoms with Gasteiger partial charge in [0, 0.05) is 11.8 Å². The standard InChI is InChI=1S/C17H18ClN3O6S/c1-11-14(5-4-6-15(11)21(23)24)20(28(3,25)26)10-17(22)19-12-7-8-16(27-2)13(18)9-12/h4-9H,10H2,1-3H3,(H,19,22). The number of ether oxygens (including phenoxy) is 1. The number of carbonyl (C=O) groups is 1. The summed E-state index contributed by atoms with van der Waals surface area (Å²) in [7, 11) is -2.44. The molecule has 0 bridgehead atoms. The van der Waals surface area contributed by atoms with E-state index in [0.717, 1.165) is 10.6 Å². The molecule has 0 aromatic heterocycles. The highest BCUT2D eigenvalue weighted by molar-refractivity contribution is 7.92. The lowest BCUT2D eigenvalue weighted by Crippen LogP contribution is -2.38. The fourth-order valence-corrected chi connectivity index (χ4v) is 3.70. The molecule has 0 aliphatic heterocycles. The molecular formula is C17H18ClN3O6S. The van der Waals surface area contributed by atoms with Gasteiger partial charge in [-0.05, 0) is 31.2 Å². The maximum absolute atomic E-state index is 12.4. The maximum Gasteiger partial charge on any atom is 0.274 e. The molecule has 0 saturated heterocycles. The van der Waals surface area contributed by atoms with E-state index in [2.05, 4.69) is 5.32 Å². The first-order chi connectivity index (χ1) is 13.0. The third kappa shape index (κ3) is 4.90. The lowest BCUT2D eigenvalue weighted by molar-refractivity contribution is -0.385. The normalized spacial score (nSPS) is 11.0. The van der Waals surface area contributed by atoms with Crippen LogP contribution in [0.25, 0.3) is 0 Å². The Balaban J connectivity index is 2.31. The number of nitrogens with one attached hydrogen (secondary N) is 1. The molecule has 2 aromatic rings. The number of carbonyl (C=O) groups excluding carboxylic acids is 1. The van der Waals surface area contributed by atoms with Crippen LogP contribution in [0.1, 0.15) is 5.56 Å². The molecule has 1 amide bonds. The third-order valence-electron chi connectivity index (χ3n) is 3.87. The number of nitro groups is 1. The first-order valence-corrected chi connectivity index (χ1v) is 10.1. The molecule has 0 unspecified atom stereocenters. The monoisotopic (exact) mass is 427 g/mol. The lowest BCUT2D eigenvalue weighted by atomic mass is 10.1. The molecule has 2 aromatic carbocycles. The van der Waals surface area contributed by atoms with Crippen LogP contribution in [-0.2, 0) is 14.8 Å². The van der Waals surface area contributed by atoms with Crippen molar-refractivity contribution in [3.8, 4) is 5.75 Å². The van der Waals surface area contributed by atoms with Gasteiger partial charge in [0.15, 0.2) is 0 Å². The average Bonchev–Trinajstić information content (AvgIpc) is 2.59. The van der Waals surface area contributed by atoms with Crippen LogP contribution in [-0.4, -0.2) is 39.2 Å². The van der Waals surface area contributed by atoms with E-state index in [-0.39, 0.29) is 22.0 Å². The number of anilines is 2. The third-order valence-corrected chi connectivity index (χ3v) is 5.29. The predicted octanol–water partition coefficient (Wildman–Crippen LogP) is 2.97. The number of sulfonamides is 1. The van der Waals surface area contributed by atoms with Gasteiger partial charge in [-0.3, -0.25) is 19.2 Å². The quantitative estimate of drug-likeness (QED) is 0.536. The van der Waals surface area contributed by atoms with Crippen molar-refractivity contribution in [2.45, 2.75) is 6.92 Å². The smallest absolute Gasteiger partial charge is 0.274 e. The molecule has 11 heteroatoms. The van der Waals surface area contributed by atoms with Gasteiger partial charge in [0.2, 0.25) is 15.9 Å². The molecule has 2 rings (SSSR count). The minimum atomic E-state index is -3.89. The first-order valence-electron chi connectivity index (χ1n) is 7.89. The summed E-state index contributed by atoms with van der Waals surface area (Å²) in [6.07, 6.45) is 0.919. The molecule has 0 aliphatic carbocycles. The summed E-state index contributed by atoms with van der Waals surface area (Å²) >= 11 is 6.01. The number of rotatable bonds is 7. The van der Waals surface area contributed by atoms with Gasteiger partial charge in [0.1, 0.15) is 12.3 Å². The Morgan fingerprint density at radius 3 is 2.54 bits per heavy atom. The molecule has 0 saturated carbocycles. The Morgan fingerprint density at radius 2 is 2.00 bits per heavy atom. The van der Waals surface area contributed by atoms with Crippen LogP contribution in [0.3, 0.4) is 0 Å². The van der Waals surface area contributed by atoms with E-state index in [1.165, 1.54) is 38.3 Å². The van der Waals surface area contributed by atoms with Crippen LogP contribution in [0.2, 0.25) is 5.02 Å². The number of hydrogen-bond donors (Lipinski definition) is 1. The van der Waals surface area contributed by atoms with Gasteiger partial charge >= 0.3 is 0 Å². The number of benzene rings is 2. The molecule has 1 N–H and O–H groups in total. The number of hydrogen-bond acceptors (Lipinski definition) is 6. The van der Waals surface area contributed by atoms with Gasteiger partial charge in [0.05, 0.1) is 34.6 Å². The lowest BCUT2D eigenvalue weighted by Gasteiger charge is -2.23. The zero-order valence-corrected chi connectivity index (χ0v) is 16.9. The Hall–Kier alpha value is -2.85. The van der Waals surface area contributed by atoms with E-state index < -0.39 is 27.4 Å². The van der Waals surface area contributed by atoms with Gasteiger partial charge in [0.25, 0.3) is 5.69 Å². The fraction of sp³-hybridized carbons (Fsp3) is 0.235. The van der Waals surface area contributed by atoms with E-state index in [4.69, 9.17) is 16.3 Å². The van der Waals surface area contributed by atoms with E-state index in [1.807, 2.05) is 0 Å². The molecule has 28 heavy (non-hydrogen) atoms. The SMILES string of the molecule is COc1ccc(NC(=O)CN(c2cccc([N+](=O)[O-])c2C)S(C)(=O)=O)cc1Cl. The van der Waals surface area contributed by atoms with Crippen molar-refractivity contribution in [3.05, 3.63) is 57.1 Å². The summed E-state index contributed by atoms with van der Waals surface area (Å²) in [5, 5.41) is 13.9. The van der Waals surface area contributed by atoms with Crippen LogP contribution < -0.4 is 14.4 Å². The van der Waals surface area contributed by atoms with Crippen molar-refractivity contribution >= 4 is 44.6 Å². The fourth-order valence-electron chi connectivity index (χ4n) is 2.54.